The second-order valence-corrected chi connectivity index (χ2v) is 49.6. The second-order valence-electron chi connectivity index (χ2n) is 49.6. The highest BCUT2D eigenvalue weighted by Crippen LogP contribution is 2.75. The summed E-state index contributed by atoms with van der Waals surface area (Å²) in [5, 5.41) is 125. The van der Waals surface area contributed by atoms with Crippen molar-refractivity contribution >= 4 is 23.3 Å². The Morgan fingerprint density at radius 1 is 0.385 bits per heavy atom. The second kappa shape index (κ2) is 41.5. The third-order valence-electron chi connectivity index (χ3n) is 43.7. The monoisotopic (exact) mass is 1820 g/mol. The standard InChI is InChI=1S/C31H53N3O7.C25H41N3O3.C25H43NO3.C24H41NO4/c1-18(5-6-19(2)37)24-7-8-25-29-26(13-28(31(24,25)4)41-17-23(39)15-36)30(3)10-9-21(33-34-32)11-20(30)12-27(29)40-16-22(38)14-35;1-14(5-6-15(2)29)18-7-8-19-23-20(13-22(31)25(18,19)4)24(3)10-9-17(27-28-26)11-16(24)12-21(23)30;1-14(5-6-15(2)27)18-7-8-19-23-20(13-22(29)25(18,19)4)24(3)10-9-17(26)11-16(24)12-21(23)28;1-13(4-7-21(28)29)16-5-6-17-22-18(12-20(27)24(16,17)3)23(2)9-8-15(25)10-14(23)11-19(22)26/h18,20-29,35-36,38-39H,5-17H2,1-4H3;14,16-23,30-31H,5-13H2,1-4H3;14,16-23,28-29H,5-13,26H2,1-4H3;13-20,22,26-27H,4-12,25H2,1-3H3,(H,28,29)/t18?,20-,21+,22?,23?,24+,25-,26-,27+,28-,29-,30-,31+;2*14?,16-,17+,18+,19-,20-,21+,22-,23-,24-,25+;13?,14-,15+,16+,17-,18-,19+,20-,22-,23-,24+/m0000/s1. The summed E-state index contributed by atoms with van der Waals surface area (Å²) in [5.41, 5.74) is 30.4. The number of nitrogens with zero attached hydrogens (tertiary/aromatic N) is 6. The van der Waals surface area contributed by atoms with Crippen molar-refractivity contribution in [2.24, 2.45) is 207 Å². The molecule has 0 aromatic carbocycles. The molecule has 0 radical (unpaired) electrons. The molecule has 16 saturated carbocycles. The van der Waals surface area contributed by atoms with Gasteiger partial charge in [0.15, 0.2) is 0 Å². The summed E-state index contributed by atoms with van der Waals surface area (Å²) in [6, 6.07) is 0.538. The van der Waals surface area contributed by atoms with Crippen molar-refractivity contribution in [1.29, 1.82) is 0 Å². The van der Waals surface area contributed by atoms with Gasteiger partial charge in [0.25, 0.3) is 0 Å². The first-order valence-electron chi connectivity index (χ1n) is 52.5. The van der Waals surface area contributed by atoms with Crippen LogP contribution in [0.15, 0.2) is 10.2 Å². The van der Waals surface area contributed by atoms with Crippen LogP contribution in [-0.4, -0.2) is 191 Å². The molecule has 25 heteroatoms. The summed E-state index contributed by atoms with van der Waals surface area (Å²) in [6.07, 6.45) is 28.3. The third kappa shape index (κ3) is 19.5. The van der Waals surface area contributed by atoms with Gasteiger partial charge in [0.05, 0.1) is 75.3 Å². The van der Waals surface area contributed by atoms with Crippen LogP contribution in [0.4, 0.5) is 0 Å². The number of carbonyl (C=O) groups is 4. The minimum absolute atomic E-state index is 0.0124. The zero-order valence-electron chi connectivity index (χ0n) is 82.4. The van der Waals surface area contributed by atoms with E-state index < -0.39 is 18.2 Å². The van der Waals surface area contributed by atoms with E-state index in [2.05, 4.69) is 103 Å². The van der Waals surface area contributed by atoms with E-state index in [9.17, 15) is 70.2 Å². The average molecular weight is 1820 g/mol. The summed E-state index contributed by atoms with van der Waals surface area (Å²) in [6.45, 7) is 32.2. The van der Waals surface area contributed by atoms with Gasteiger partial charge in [-0.05, 0) is 417 Å². The van der Waals surface area contributed by atoms with Crippen molar-refractivity contribution in [1.82, 2.24) is 0 Å². The Hall–Kier alpha value is -3.46. The number of aliphatic hydroxyl groups excluding tert-OH is 10. The zero-order valence-corrected chi connectivity index (χ0v) is 82.4. The number of azide groups is 2. The molecule has 0 spiro atoms. The molecule has 25 nitrogen and oxygen atoms in total. The Morgan fingerprint density at radius 2 is 0.685 bits per heavy atom. The molecular weight excluding hydrogens is 1650 g/mol. The maximum Gasteiger partial charge on any atom is 0.303 e. The van der Waals surface area contributed by atoms with E-state index in [0.717, 1.165) is 199 Å². The van der Waals surface area contributed by atoms with Gasteiger partial charge in [0, 0.05) is 65.1 Å². The minimum Gasteiger partial charge on any atom is -0.481 e. The van der Waals surface area contributed by atoms with E-state index >= 15 is 0 Å². The molecule has 16 fully saturated rings. The summed E-state index contributed by atoms with van der Waals surface area (Å²) in [7, 11) is 0. The number of aliphatic carboxylic acids is 1. The van der Waals surface area contributed by atoms with Gasteiger partial charge < -0.3 is 91.5 Å². The van der Waals surface area contributed by atoms with E-state index in [1.807, 2.05) is 0 Å². The predicted molar refractivity (Wildman–Crippen MR) is 501 cm³/mol. The molecule has 16 rings (SSSR count). The number of rotatable bonds is 26. The van der Waals surface area contributed by atoms with Gasteiger partial charge in [-0.15, -0.1) is 0 Å². The van der Waals surface area contributed by atoms with Crippen LogP contribution in [0.3, 0.4) is 0 Å². The molecule has 46 atom stereocenters. The number of nitrogens with two attached hydrogens (primary N) is 2. The van der Waals surface area contributed by atoms with Gasteiger partial charge >= 0.3 is 5.97 Å². The number of carboxylic acid groups (broad SMARTS) is 1. The lowest BCUT2D eigenvalue weighted by Gasteiger charge is -2.64. The highest BCUT2D eigenvalue weighted by atomic mass is 16.5. The van der Waals surface area contributed by atoms with Crippen LogP contribution in [0, 0.1) is 185 Å². The molecule has 0 aliphatic heterocycles. The van der Waals surface area contributed by atoms with Crippen molar-refractivity contribution in [3.63, 3.8) is 0 Å². The molecule has 0 aromatic rings. The molecule has 0 amide bonds. The maximum atomic E-state index is 11.9. The van der Waals surface area contributed by atoms with E-state index in [1.54, 1.807) is 20.8 Å². The van der Waals surface area contributed by atoms with Gasteiger partial charge in [-0.1, -0.05) is 93.3 Å². The number of fused-ring (bicyclic) bond motifs is 20. The quantitative estimate of drug-likeness (QED) is 0.0217. The Labute approximate surface area is 778 Å². The minimum atomic E-state index is -0.935. The lowest BCUT2D eigenvalue weighted by molar-refractivity contribution is -0.229. The van der Waals surface area contributed by atoms with E-state index in [4.69, 9.17) is 37.1 Å². The Bertz CT molecular complexity index is 3840. The van der Waals surface area contributed by atoms with Crippen molar-refractivity contribution in [3.8, 4) is 0 Å². The lowest BCUT2D eigenvalue weighted by atomic mass is 9.43. The van der Waals surface area contributed by atoms with Crippen LogP contribution >= 0.6 is 0 Å². The number of hydrogen-bond acceptors (Lipinski definition) is 20. The molecular formula is C105H178N8O17. The molecule has 16 aliphatic carbocycles. The number of ketones is 3. The smallest absolute Gasteiger partial charge is 0.303 e. The lowest BCUT2D eigenvalue weighted by Crippen LogP contribution is -2.63. The Morgan fingerprint density at radius 3 is 1.02 bits per heavy atom. The van der Waals surface area contributed by atoms with Crippen LogP contribution in [-0.2, 0) is 28.7 Å². The third-order valence-corrected chi connectivity index (χ3v) is 43.7. The molecule has 740 valence electrons. The molecule has 130 heavy (non-hydrogen) atoms. The number of ether oxygens (including phenoxy) is 2. The zero-order chi connectivity index (χ0) is 94.8. The van der Waals surface area contributed by atoms with Crippen molar-refractivity contribution < 1.29 is 84.8 Å². The first-order chi connectivity index (χ1) is 61.3. The van der Waals surface area contributed by atoms with Crippen molar-refractivity contribution in [2.45, 2.75) is 420 Å². The molecule has 0 bridgehead atoms. The first kappa shape index (κ1) is 104. The van der Waals surface area contributed by atoms with Crippen LogP contribution in [0.25, 0.3) is 20.9 Å². The van der Waals surface area contributed by atoms with Crippen LogP contribution < -0.4 is 11.5 Å². The van der Waals surface area contributed by atoms with Gasteiger partial charge in [0.1, 0.15) is 29.6 Å². The Kier molecular flexibility index (Phi) is 33.2. The van der Waals surface area contributed by atoms with Gasteiger partial charge in [-0.2, -0.15) is 0 Å². The molecule has 0 aromatic heterocycles. The van der Waals surface area contributed by atoms with Crippen LogP contribution in [0.5, 0.6) is 0 Å². The normalized spacial score (nSPS) is 48.8. The largest absolute Gasteiger partial charge is 0.481 e. The number of Topliss-reactive ketones (excluding diaryl/α,β-unsaturated/α-hetero) is 3. The van der Waals surface area contributed by atoms with E-state index in [1.165, 1.54) is 0 Å². The van der Waals surface area contributed by atoms with E-state index in [0.29, 0.717) is 138 Å². The summed E-state index contributed by atoms with van der Waals surface area (Å²) in [4.78, 5) is 52.1. The van der Waals surface area contributed by atoms with Crippen LogP contribution in [0.2, 0.25) is 0 Å². The van der Waals surface area contributed by atoms with Crippen molar-refractivity contribution in [3.05, 3.63) is 20.9 Å². The fourth-order valence-corrected chi connectivity index (χ4v) is 36.4. The molecule has 15 N–H and O–H groups in total. The SMILES string of the molecule is CC(=O)CCC(C)[C@H]1CC[C@H]2[C@@H]3[C@H](O)C[C@@H]4C[C@H](N)CC[C@]4(C)[C@H]3C[C@H](O)[C@]12C.CC(=O)CCC(C)[C@H]1CC[C@H]2[C@@H]3[C@H](O)C[C@@H]4C[C@H](N=[N+]=[N-])CC[C@]4(C)[C@H]3C[C@H](O)[C@]12C.CC(=O)CCC(C)[C@H]1CC[C@H]2[C@@H]3[C@H](OCC(O)CO)C[C@@H]4C[C@H](N=[N+]=[N-])CC[C@]4(C)[C@H]3C[C@H](OCC(O)CO)[C@]12C.CC(CCC(=O)O)[C@H]1CC[C@H]2[C@@H]3[C@H](O)C[C@@H]4C[C@H](N)CC[C@]4(C)[C@H]3C[C@H](O)[C@]12C. The van der Waals surface area contributed by atoms with Gasteiger partial charge in [-0.25, -0.2) is 0 Å². The molecule has 6 unspecified atom stereocenters. The topological polar surface area (TPSA) is 459 Å². The fraction of sp³-hybridized carbons (Fsp3) is 0.962. The highest BCUT2D eigenvalue weighted by Gasteiger charge is 2.72. The number of carboxylic acids is 1. The van der Waals surface area contributed by atoms with Crippen LogP contribution in [0.1, 0.15) is 335 Å². The Balaban J connectivity index is 0.000000149. The van der Waals surface area contributed by atoms with Gasteiger partial charge in [0.2, 0.25) is 0 Å². The number of hydrogen-bond donors (Lipinski definition) is 13. The molecule has 16 aliphatic rings. The predicted octanol–water partition coefficient (Wildman–Crippen LogP) is 16.6. The summed E-state index contributed by atoms with van der Waals surface area (Å²) < 4.78 is 13.1. The summed E-state index contributed by atoms with van der Waals surface area (Å²) in [5.74, 6) is 8.39. The molecule has 0 heterocycles. The number of aliphatic hydroxyl groups is 10. The summed E-state index contributed by atoms with van der Waals surface area (Å²) >= 11 is 0. The van der Waals surface area contributed by atoms with Crippen molar-refractivity contribution in [2.75, 3.05) is 26.4 Å². The van der Waals surface area contributed by atoms with E-state index in [-0.39, 0.29) is 196 Å². The van der Waals surface area contributed by atoms with Gasteiger partial charge in [-0.3, -0.25) is 4.79 Å². The average Bonchev–Trinajstić information content (AvgIpc) is 1.44. The number of carbonyl (C=O) groups excluding carboxylic acids is 3. The maximum absolute atomic E-state index is 11.9. The fourth-order valence-electron chi connectivity index (χ4n) is 36.4. The molecule has 0 saturated heterocycles. The first-order valence-corrected chi connectivity index (χ1v) is 52.5. The highest BCUT2D eigenvalue weighted by molar-refractivity contribution is 5.76.